The van der Waals surface area contributed by atoms with E-state index in [1.165, 1.54) is 35.5 Å². The lowest BCUT2D eigenvalue weighted by Crippen LogP contribution is -2.32. The predicted octanol–water partition coefficient (Wildman–Crippen LogP) is 0.705. The first kappa shape index (κ1) is 15.5. The number of hydrogen-bond donors (Lipinski definition) is 1. The second kappa shape index (κ2) is 6.24. The van der Waals surface area contributed by atoms with Gasteiger partial charge in [0.1, 0.15) is 0 Å². The van der Waals surface area contributed by atoms with Crippen LogP contribution in [0.1, 0.15) is 18.9 Å². The minimum atomic E-state index is -3.52. The van der Waals surface area contributed by atoms with Gasteiger partial charge in [0.25, 0.3) is 0 Å². The molecular formula is C14H17N3O3S. The van der Waals surface area contributed by atoms with Crippen molar-refractivity contribution in [3.8, 4) is 6.07 Å². The lowest BCUT2D eigenvalue weighted by Gasteiger charge is -2.16. The van der Waals surface area contributed by atoms with Gasteiger partial charge in [0.05, 0.1) is 16.5 Å². The third-order valence-electron chi connectivity index (χ3n) is 3.51. The SMILES string of the molecule is CC(=O)NCC1CCN(S(=O)(=O)c2ccc(C#N)cc2)C1. The van der Waals surface area contributed by atoms with Gasteiger partial charge in [-0.15, -0.1) is 0 Å². The fourth-order valence-electron chi connectivity index (χ4n) is 2.32. The molecule has 1 amide bonds. The maximum Gasteiger partial charge on any atom is 0.243 e. The van der Waals surface area contributed by atoms with Crippen molar-refractivity contribution < 1.29 is 13.2 Å². The summed E-state index contributed by atoms with van der Waals surface area (Å²) in [6.07, 6.45) is 0.732. The molecule has 1 N–H and O–H groups in total. The molecule has 21 heavy (non-hydrogen) atoms. The van der Waals surface area contributed by atoms with E-state index >= 15 is 0 Å². The van der Waals surface area contributed by atoms with Crippen LogP contribution in [-0.2, 0) is 14.8 Å². The second-order valence-corrected chi connectivity index (χ2v) is 7.03. The highest BCUT2D eigenvalue weighted by molar-refractivity contribution is 7.89. The van der Waals surface area contributed by atoms with Crippen molar-refractivity contribution in [2.45, 2.75) is 18.2 Å². The van der Waals surface area contributed by atoms with Crippen LogP contribution < -0.4 is 5.32 Å². The Labute approximate surface area is 124 Å². The number of amides is 1. The zero-order valence-electron chi connectivity index (χ0n) is 11.7. The summed E-state index contributed by atoms with van der Waals surface area (Å²) in [5.74, 6) is 0.0328. The van der Waals surface area contributed by atoms with Crippen LogP contribution in [-0.4, -0.2) is 38.3 Å². The monoisotopic (exact) mass is 307 g/mol. The Morgan fingerprint density at radius 3 is 2.67 bits per heavy atom. The molecule has 0 aliphatic carbocycles. The smallest absolute Gasteiger partial charge is 0.243 e. The first-order chi connectivity index (χ1) is 9.93. The fourth-order valence-corrected chi connectivity index (χ4v) is 3.85. The van der Waals surface area contributed by atoms with Gasteiger partial charge in [-0.1, -0.05) is 0 Å². The van der Waals surface area contributed by atoms with Crippen LogP contribution in [0.2, 0.25) is 0 Å². The van der Waals surface area contributed by atoms with Gasteiger partial charge in [-0.25, -0.2) is 8.42 Å². The standard InChI is InChI=1S/C14H17N3O3S/c1-11(18)16-9-13-6-7-17(10-13)21(19,20)14-4-2-12(8-15)3-5-14/h2-5,13H,6-7,9-10H2,1H3,(H,16,18). The number of benzene rings is 1. The van der Waals surface area contributed by atoms with Gasteiger partial charge in [0, 0.05) is 26.6 Å². The van der Waals surface area contributed by atoms with Gasteiger partial charge >= 0.3 is 0 Å². The number of carbonyl (C=O) groups excluding carboxylic acids is 1. The molecule has 1 aromatic carbocycles. The van der Waals surface area contributed by atoms with Gasteiger partial charge in [-0.3, -0.25) is 4.79 Å². The van der Waals surface area contributed by atoms with E-state index in [9.17, 15) is 13.2 Å². The highest BCUT2D eigenvalue weighted by atomic mass is 32.2. The molecule has 1 aliphatic rings. The first-order valence-electron chi connectivity index (χ1n) is 6.68. The molecule has 0 saturated carbocycles. The molecule has 1 fully saturated rings. The van der Waals surface area contributed by atoms with E-state index in [2.05, 4.69) is 5.32 Å². The highest BCUT2D eigenvalue weighted by Crippen LogP contribution is 2.24. The predicted molar refractivity (Wildman–Crippen MR) is 76.7 cm³/mol. The van der Waals surface area contributed by atoms with E-state index in [-0.39, 0.29) is 16.7 Å². The van der Waals surface area contributed by atoms with E-state index in [0.29, 0.717) is 25.2 Å². The number of nitrogens with zero attached hydrogens (tertiary/aromatic N) is 2. The Bertz CT molecular complexity index is 662. The number of nitriles is 1. The van der Waals surface area contributed by atoms with Crippen molar-refractivity contribution in [3.05, 3.63) is 29.8 Å². The van der Waals surface area contributed by atoms with Crippen molar-refractivity contribution in [1.82, 2.24) is 9.62 Å². The molecule has 0 spiro atoms. The maximum absolute atomic E-state index is 12.5. The summed E-state index contributed by atoms with van der Waals surface area (Å²) in [7, 11) is -3.52. The molecule has 0 radical (unpaired) electrons. The Hall–Kier alpha value is -1.91. The summed E-state index contributed by atoms with van der Waals surface area (Å²) in [6, 6.07) is 7.86. The number of sulfonamides is 1. The molecule has 1 unspecified atom stereocenters. The summed E-state index contributed by atoms with van der Waals surface area (Å²) in [5.41, 5.74) is 0.430. The highest BCUT2D eigenvalue weighted by Gasteiger charge is 2.32. The molecule has 0 aromatic heterocycles. The number of rotatable bonds is 4. The Morgan fingerprint density at radius 1 is 1.43 bits per heavy atom. The van der Waals surface area contributed by atoms with Crippen LogP contribution in [0, 0.1) is 17.2 Å². The van der Waals surface area contributed by atoms with Crippen LogP contribution in [0.25, 0.3) is 0 Å². The Kier molecular flexibility index (Phi) is 4.60. The third kappa shape index (κ3) is 3.60. The quantitative estimate of drug-likeness (QED) is 0.886. The number of hydrogen-bond acceptors (Lipinski definition) is 4. The summed E-state index contributed by atoms with van der Waals surface area (Å²) in [6.45, 7) is 2.80. The topological polar surface area (TPSA) is 90.3 Å². The molecule has 1 aliphatic heterocycles. The van der Waals surface area contributed by atoms with Crippen molar-refractivity contribution in [3.63, 3.8) is 0 Å². The lowest BCUT2D eigenvalue weighted by atomic mass is 10.1. The molecule has 6 nitrogen and oxygen atoms in total. The van der Waals surface area contributed by atoms with Crippen LogP contribution in [0.3, 0.4) is 0 Å². The van der Waals surface area contributed by atoms with Crippen molar-refractivity contribution in [2.24, 2.45) is 5.92 Å². The molecule has 1 saturated heterocycles. The molecule has 0 bridgehead atoms. The van der Waals surface area contributed by atoms with E-state index in [1.807, 2.05) is 6.07 Å². The zero-order valence-corrected chi connectivity index (χ0v) is 12.6. The minimum Gasteiger partial charge on any atom is -0.356 e. The van der Waals surface area contributed by atoms with Gasteiger partial charge < -0.3 is 5.32 Å². The third-order valence-corrected chi connectivity index (χ3v) is 5.39. The largest absolute Gasteiger partial charge is 0.356 e. The summed E-state index contributed by atoms with van der Waals surface area (Å²) >= 11 is 0. The normalized spacial score (nSPS) is 19.1. The van der Waals surface area contributed by atoms with Crippen molar-refractivity contribution in [1.29, 1.82) is 5.26 Å². The lowest BCUT2D eigenvalue weighted by molar-refractivity contribution is -0.119. The molecule has 2 rings (SSSR count). The first-order valence-corrected chi connectivity index (χ1v) is 8.12. The van der Waals surface area contributed by atoms with Crippen LogP contribution in [0.4, 0.5) is 0 Å². The molecule has 112 valence electrons. The second-order valence-electron chi connectivity index (χ2n) is 5.09. The van der Waals surface area contributed by atoms with E-state index < -0.39 is 10.0 Å². The van der Waals surface area contributed by atoms with Gasteiger partial charge in [0.15, 0.2) is 0 Å². The fraction of sp³-hybridized carbons (Fsp3) is 0.429. The summed E-state index contributed by atoms with van der Waals surface area (Å²) in [4.78, 5) is 11.1. The van der Waals surface area contributed by atoms with Crippen LogP contribution >= 0.6 is 0 Å². The summed E-state index contributed by atoms with van der Waals surface area (Å²) < 4.78 is 26.4. The Balaban J connectivity index is 2.07. The minimum absolute atomic E-state index is 0.108. The molecule has 1 heterocycles. The average Bonchev–Trinajstić information content (AvgIpc) is 2.95. The van der Waals surface area contributed by atoms with E-state index in [4.69, 9.17) is 5.26 Å². The van der Waals surface area contributed by atoms with E-state index in [0.717, 1.165) is 6.42 Å². The zero-order chi connectivity index (χ0) is 15.5. The molecular weight excluding hydrogens is 290 g/mol. The van der Waals surface area contributed by atoms with E-state index in [1.54, 1.807) is 0 Å². The van der Waals surface area contributed by atoms with Gasteiger partial charge in [0.2, 0.25) is 15.9 Å². The van der Waals surface area contributed by atoms with Crippen molar-refractivity contribution in [2.75, 3.05) is 19.6 Å². The van der Waals surface area contributed by atoms with Crippen LogP contribution in [0.5, 0.6) is 0 Å². The van der Waals surface area contributed by atoms with Gasteiger partial charge in [-0.2, -0.15) is 9.57 Å². The van der Waals surface area contributed by atoms with Gasteiger partial charge in [-0.05, 0) is 36.6 Å². The number of carbonyl (C=O) groups is 1. The number of nitrogens with one attached hydrogen (secondary N) is 1. The van der Waals surface area contributed by atoms with Crippen LogP contribution in [0.15, 0.2) is 29.2 Å². The Morgan fingerprint density at radius 2 is 2.10 bits per heavy atom. The molecule has 1 aromatic rings. The maximum atomic E-state index is 12.5. The average molecular weight is 307 g/mol. The summed E-state index contributed by atoms with van der Waals surface area (Å²) in [5, 5.41) is 11.5. The molecule has 1 atom stereocenters. The molecule has 7 heteroatoms. The van der Waals surface area contributed by atoms with Crippen molar-refractivity contribution >= 4 is 15.9 Å².